The Kier molecular flexibility index (Phi) is 1.54. The van der Waals surface area contributed by atoms with E-state index in [-0.39, 0.29) is 0 Å². The predicted molar refractivity (Wildman–Crippen MR) is 35.1 cm³/mol. The maximum Gasteiger partial charge on any atom is 0.215 e. The van der Waals surface area contributed by atoms with Crippen molar-refractivity contribution in [3.8, 4) is 0 Å². The van der Waals surface area contributed by atoms with Crippen LogP contribution in [0.2, 0.25) is 0 Å². The van der Waals surface area contributed by atoms with Crippen LogP contribution >= 0.6 is 7.29 Å². The fourth-order valence-corrected chi connectivity index (χ4v) is 1.72. The average Bonchev–Trinajstić information content (AvgIpc) is 2.16. The second-order valence-corrected chi connectivity index (χ2v) is 3.91. The van der Waals surface area contributed by atoms with Crippen molar-refractivity contribution in [2.24, 2.45) is 0 Å². The summed E-state index contributed by atoms with van der Waals surface area (Å²) in [5.41, 5.74) is 0. The molecule has 0 fully saturated rings. The van der Waals surface area contributed by atoms with Gasteiger partial charge in [0.1, 0.15) is 0 Å². The summed E-state index contributed by atoms with van der Waals surface area (Å²) >= 11 is 0. The van der Waals surface area contributed by atoms with Crippen LogP contribution in [0.3, 0.4) is 0 Å². The Morgan fingerprint density at radius 2 is 1.89 bits per heavy atom. The van der Waals surface area contributed by atoms with Gasteiger partial charge in [-0.1, -0.05) is 12.2 Å². The van der Waals surface area contributed by atoms with Crippen LogP contribution < -0.4 is 5.09 Å². The van der Waals surface area contributed by atoms with Gasteiger partial charge >= 0.3 is 0 Å². The third-order valence-corrected chi connectivity index (χ3v) is 2.72. The molecule has 0 unspecified atom stereocenters. The van der Waals surface area contributed by atoms with Crippen molar-refractivity contribution < 1.29 is 9.36 Å². The highest BCUT2D eigenvalue weighted by atomic mass is 31.2. The molecule has 1 rings (SSSR count). The number of amides is 1. The number of carbonyl (C=O) groups excluding carboxylic acids is 1. The molecule has 0 aliphatic carbocycles. The molecule has 1 heterocycles. The topological polar surface area (TPSA) is 46.2 Å². The Labute approximate surface area is 52.9 Å². The van der Waals surface area contributed by atoms with Crippen molar-refractivity contribution in [2.75, 3.05) is 0 Å². The smallest absolute Gasteiger partial charge is 0.215 e. The van der Waals surface area contributed by atoms with Crippen molar-refractivity contribution in [2.45, 2.75) is 0 Å². The molecule has 9 heavy (non-hydrogen) atoms. The molecule has 48 valence electrons. The lowest BCUT2D eigenvalue weighted by molar-refractivity contribution is -0.108. The first kappa shape index (κ1) is 6.30. The molecule has 0 aromatic carbocycles. The first-order valence-electron chi connectivity index (χ1n) is 2.45. The van der Waals surface area contributed by atoms with Gasteiger partial charge in [-0.25, -0.2) is 0 Å². The van der Waals surface area contributed by atoms with Crippen molar-refractivity contribution in [3.63, 3.8) is 0 Å². The van der Waals surface area contributed by atoms with E-state index in [4.69, 9.17) is 0 Å². The normalized spacial score (nSPS) is 20.0. The van der Waals surface area contributed by atoms with Gasteiger partial charge in [0.25, 0.3) is 0 Å². The number of carbonyl (C=O) groups is 1. The fraction of sp³-hybridized carbons (Fsp3) is 0. The van der Waals surface area contributed by atoms with Gasteiger partial charge in [0, 0.05) is 0 Å². The number of nitrogens with one attached hydrogen (secondary N) is 1. The number of allylic oxidation sites excluding steroid dienone is 2. The molecule has 1 aliphatic rings. The van der Waals surface area contributed by atoms with Gasteiger partial charge in [-0.3, -0.25) is 9.36 Å². The minimum atomic E-state index is -2.55. The summed E-state index contributed by atoms with van der Waals surface area (Å²) in [6, 6.07) is 0. The molecule has 0 bridgehead atoms. The maximum absolute atomic E-state index is 11.1. The van der Waals surface area contributed by atoms with Crippen LogP contribution in [0.15, 0.2) is 23.8 Å². The van der Waals surface area contributed by atoms with Crippen LogP contribution in [0.4, 0.5) is 0 Å². The van der Waals surface area contributed by atoms with Crippen LogP contribution in [-0.4, -0.2) is 6.41 Å². The van der Waals surface area contributed by atoms with E-state index in [1.165, 1.54) is 11.6 Å². The quantitative estimate of drug-likeness (QED) is 0.464. The zero-order valence-electron chi connectivity index (χ0n) is 4.65. The van der Waals surface area contributed by atoms with Crippen LogP contribution in [0.25, 0.3) is 0 Å². The maximum atomic E-state index is 11.1. The molecule has 4 heteroatoms. The molecule has 0 atom stereocenters. The molecule has 1 N–H and O–H groups in total. The van der Waals surface area contributed by atoms with Crippen molar-refractivity contribution in [1.82, 2.24) is 5.09 Å². The second-order valence-electron chi connectivity index (χ2n) is 1.64. The van der Waals surface area contributed by atoms with Gasteiger partial charge < -0.3 is 5.09 Å². The van der Waals surface area contributed by atoms with E-state index in [1.807, 2.05) is 0 Å². The average molecular weight is 143 g/mol. The summed E-state index contributed by atoms with van der Waals surface area (Å²) in [7, 11) is -2.55. The van der Waals surface area contributed by atoms with E-state index >= 15 is 0 Å². The van der Waals surface area contributed by atoms with Crippen molar-refractivity contribution in [1.29, 1.82) is 0 Å². The van der Waals surface area contributed by atoms with Gasteiger partial charge in [0.2, 0.25) is 13.7 Å². The van der Waals surface area contributed by atoms with E-state index in [2.05, 4.69) is 5.09 Å². The van der Waals surface area contributed by atoms with Gasteiger partial charge in [-0.05, 0) is 11.6 Å². The van der Waals surface area contributed by atoms with Crippen LogP contribution in [0.5, 0.6) is 0 Å². The summed E-state index contributed by atoms with van der Waals surface area (Å²) in [6.45, 7) is 0. The molecule has 0 saturated heterocycles. The lowest BCUT2D eigenvalue weighted by Crippen LogP contribution is -2.01. The third-order valence-electron chi connectivity index (χ3n) is 0.981. The van der Waals surface area contributed by atoms with Crippen LogP contribution in [-0.2, 0) is 9.36 Å². The third kappa shape index (κ3) is 1.30. The Morgan fingerprint density at radius 3 is 2.33 bits per heavy atom. The van der Waals surface area contributed by atoms with Crippen LogP contribution in [0.1, 0.15) is 0 Å². The highest BCUT2D eigenvalue weighted by molar-refractivity contribution is 7.69. The van der Waals surface area contributed by atoms with Gasteiger partial charge in [0.05, 0.1) is 0 Å². The largest absolute Gasteiger partial charge is 0.303 e. The SMILES string of the molecule is O=CNP1(=O)C=CC=C1. The summed E-state index contributed by atoms with van der Waals surface area (Å²) in [4.78, 5) is 9.81. The van der Waals surface area contributed by atoms with Crippen LogP contribution in [0, 0.1) is 0 Å². The summed E-state index contributed by atoms with van der Waals surface area (Å²) < 4.78 is 11.1. The van der Waals surface area contributed by atoms with Crippen molar-refractivity contribution >= 4 is 13.7 Å². The highest BCUT2D eigenvalue weighted by Crippen LogP contribution is 2.46. The zero-order chi connectivity index (χ0) is 6.74. The molecule has 1 amide bonds. The van der Waals surface area contributed by atoms with Gasteiger partial charge in [0.15, 0.2) is 0 Å². The van der Waals surface area contributed by atoms with E-state index in [0.29, 0.717) is 6.41 Å². The minimum absolute atomic E-state index is 0.445. The molecule has 0 aromatic heterocycles. The molecular formula is C5H6NO2P. The Hall–Kier alpha value is -0.820. The first-order chi connectivity index (χ1) is 4.27. The molecule has 0 aromatic rings. The highest BCUT2D eigenvalue weighted by Gasteiger charge is 2.13. The molecule has 3 nitrogen and oxygen atoms in total. The molecule has 0 saturated carbocycles. The van der Waals surface area contributed by atoms with E-state index in [9.17, 15) is 9.36 Å². The molecule has 0 spiro atoms. The Morgan fingerprint density at radius 1 is 1.33 bits per heavy atom. The van der Waals surface area contributed by atoms with E-state index < -0.39 is 7.29 Å². The molecular weight excluding hydrogens is 137 g/mol. The van der Waals surface area contributed by atoms with E-state index in [1.54, 1.807) is 12.2 Å². The van der Waals surface area contributed by atoms with E-state index in [0.717, 1.165) is 0 Å². The summed E-state index contributed by atoms with van der Waals surface area (Å²) in [5.74, 6) is 2.98. The Balaban J connectivity index is 2.76. The first-order valence-corrected chi connectivity index (χ1v) is 4.29. The number of hydrogen-bond donors (Lipinski definition) is 1. The standard InChI is InChI=1S/C5H6NO2P/c7-5-6-9(8)3-1-2-4-9/h1-5H,(H,6,7,8). The minimum Gasteiger partial charge on any atom is -0.303 e. The van der Waals surface area contributed by atoms with Crippen molar-refractivity contribution in [3.05, 3.63) is 23.8 Å². The Bertz CT molecular complexity index is 203. The lowest BCUT2D eigenvalue weighted by Gasteiger charge is -2.01. The summed E-state index contributed by atoms with van der Waals surface area (Å²) in [5, 5.41) is 2.22. The predicted octanol–water partition coefficient (Wildman–Crippen LogP) is 1.05. The summed E-state index contributed by atoms with van der Waals surface area (Å²) in [6.07, 6.45) is 3.75. The lowest BCUT2D eigenvalue weighted by atomic mass is 10.6. The molecule has 0 radical (unpaired) electrons. The number of hydrogen-bond acceptors (Lipinski definition) is 2. The number of rotatable bonds is 2. The van der Waals surface area contributed by atoms with Gasteiger partial charge in [-0.15, -0.1) is 0 Å². The monoisotopic (exact) mass is 143 g/mol. The zero-order valence-corrected chi connectivity index (χ0v) is 5.54. The van der Waals surface area contributed by atoms with Gasteiger partial charge in [-0.2, -0.15) is 0 Å². The fourth-order valence-electron chi connectivity index (χ4n) is 0.573. The second kappa shape index (κ2) is 2.19. The molecule has 1 aliphatic heterocycles.